The molecule has 1 rings (SSSR count). The standard InChI is InChI=1S/C6H6ClFN2O/c7-6-9-3-1-5(10-6)11-4-2-8/h1,3H,2,4H2. The molecule has 0 aliphatic heterocycles. The zero-order valence-electron chi connectivity index (χ0n) is 5.63. The third-order valence-corrected chi connectivity index (χ3v) is 1.11. The van der Waals surface area contributed by atoms with Crippen molar-refractivity contribution in [1.82, 2.24) is 9.97 Å². The molecule has 0 N–H and O–H groups in total. The Bertz CT molecular complexity index is 234. The average Bonchev–Trinajstić information content (AvgIpc) is 2.01. The summed E-state index contributed by atoms with van der Waals surface area (Å²) in [5, 5.41) is 0.0985. The Morgan fingerprint density at radius 2 is 2.45 bits per heavy atom. The van der Waals surface area contributed by atoms with Gasteiger partial charge in [0, 0.05) is 12.3 Å². The molecule has 0 atom stereocenters. The second-order valence-corrected chi connectivity index (χ2v) is 2.04. The first kappa shape index (κ1) is 8.20. The third-order valence-electron chi connectivity index (χ3n) is 0.928. The fourth-order valence-corrected chi connectivity index (χ4v) is 0.683. The highest BCUT2D eigenvalue weighted by molar-refractivity contribution is 6.28. The summed E-state index contributed by atoms with van der Waals surface area (Å²) in [5.41, 5.74) is 0. The highest BCUT2D eigenvalue weighted by atomic mass is 35.5. The summed E-state index contributed by atoms with van der Waals surface area (Å²) in [6, 6.07) is 1.52. The molecular weight excluding hydrogens is 171 g/mol. The number of hydrogen-bond donors (Lipinski definition) is 0. The lowest BCUT2D eigenvalue weighted by Crippen LogP contribution is -2.00. The molecule has 0 amide bonds. The molecule has 0 spiro atoms. The Morgan fingerprint density at radius 1 is 1.64 bits per heavy atom. The van der Waals surface area contributed by atoms with Crippen molar-refractivity contribution >= 4 is 11.6 Å². The molecule has 0 unspecified atom stereocenters. The maximum atomic E-state index is 11.6. The molecule has 0 saturated heterocycles. The molecule has 5 heteroatoms. The van der Waals surface area contributed by atoms with Crippen LogP contribution in [0.1, 0.15) is 0 Å². The SMILES string of the molecule is FCCOc1ccnc(Cl)n1. The Labute approximate surface area is 68.2 Å². The summed E-state index contributed by atoms with van der Waals surface area (Å²) < 4.78 is 16.4. The van der Waals surface area contributed by atoms with Gasteiger partial charge in [-0.1, -0.05) is 0 Å². The van der Waals surface area contributed by atoms with Crippen LogP contribution < -0.4 is 4.74 Å². The number of halogens is 2. The minimum absolute atomic E-state index is 0.00660. The van der Waals surface area contributed by atoms with Crippen LogP contribution in [0.4, 0.5) is 4.39 Å². The molecule has 60 valence electrons. The van der Waals surface area contributed by atoms with Crippen molar-refractivity contribution in [1.29, 1.82) is 0 Å². The van der Waals surface area contributed by atoms with E-state index >= 15 is 0 Å². The molecule has 0 bridgehead atoms. The number of rotatable bonds is 3. The summed E-state index contributed by atoms with van der Waals surface area (Å²) in [4.78, 5) is 7.30. The molecule has 1 aromatic heterocycles. The van der Waals surface area contributed by atoms with Gasteiger partial charge in [-0.25, -0.2) is 9.37 Å². The van der Waals surface area contributed by atoms with Gasteiger partial charge in [0.1, 0.15) is 13.3 Å². The largest absolute Gasteiger partial charge is 0.475 e. The zero-order chi connectivity index (χ0) is 8.10. The molecule has 1 aromatic rings. The van der Waals surface area contributed by atoms with Gasteiger partial charge in [-0.3, -0.25) is 0 Å². The van der Waals surface area contributed by atoms with E-state index in [0.29, 0.717) is 5.88 Å². The highest BCUT2D eigenvalue weighted by Gasteiger charge is 1.95. The molecule has 0 aliphatic rings. The minimum Gasteiger partial charge on any atom is -0.475 e. The van der Waals surface area contributed by atoms with Gasteiger partial charge in [0.15, 0.2) is 0 Å². The highest BCUT2D eigenvalue weighted by Crippen LogP contribution is 2.07. The Hall–Kier alpha value is -0.900. The van der Waals surface area contributed by atoms with Gasteiger partial charge in [-0.15, -0.1) is 0 Å². The van der Waals surface area contributed by atoms with E-state index in [1.165, 1.54) is 12.3 Å². The Balaban J connectivity index is 2.56. The van der Waals surface area contributed by atoms with Crippen molar-refractivity contribution in [2.75, 3.05) is 13.3 Å². The molecule has 3 nitrogen and oxygen atoms in total. The van der Waals surface area contributed by atoms with E-state index in [2.05, 4.69) is 9.97 Å². The lowest BCUT2D eigenvalue weighted by molar-refractivity contribution is 0.264. The zero-order valence-corrected chi connectivity index (χ0v) is 6.38. The molecule has 0 saturated carbocycles. The molecule has 11 heavy (non-hydrogen) atoms. The van der Waals surface area contributed by atoms with Crippen LogP contribution in [0.5, 0.6) is 5.88 Å². The van der Waals surface area contributed by atoms with Crippen LogP contribution in [-0.4, -0.2) is 23.2 Å². The van der Waals surface area contributed by atoms with Gasteiger partial charge in [-0.05, 0) is 11.6 Å². The Morgan fingerprint density at radius 3 is 3.09 bits per heavy atom. The molecule has 0 aromatic carbocycles. The van der Waals surface area contributed by atoms with Gasteiger partial charge in [0.25, 0.3) is 0 Å². The number of hydrogen-bond acceptors (Lipinski definition) is 3. The van der Waals surface area contributed by atoms with Crippen molar-refractivity contribution in [3.8, 4) is 5.88 Å². The van der Waals surface area contributed by atoms with Crippen LogP contribution in [0.2, 0.25) is 5.28 Å². The fraction of sp³-hybridized carbons (Fsp3) is 0.333. The van der Waals surface area contributed by atoms with Gasteiger partial charge in [-0.2, -0.15) is 4.98 Å². The first-order valence-electron chi connectivity index (χ1n) is 3.00. The topological polar surface area (TPSA) is 35.0 Å². The quantitative estimate of drug-likeness (QED) is 0.655. The fourth-order valence-electron chi connectivity index (χ4n) is 0.543. The van der Waals surface area contributed by atoms with E-state index in [4.69, 9.17) is 16.3 Å². The van der Waals surface area contributed by atoms with Gasteiger partial charge in [0.2, 0.25) is 11.2 Å². The van der Waals surface area contributed by atoms with E-state index in [1.54, 1.807) is 0 Å². The van der Waals surface area contributed by atoms with Crippen LogP contribution in [0.15, 0.2) is 12.3 Å². The van der Waals surface area contributed by atoms with E-state index < -0.39 is 6.67 Å². The predicted octanol–water partition coefficient (Wildman–Crippen LogP) is 1.48. The van der Waals surface area contributed by atoms with Crippen LogP contribution in [0.3, 0.4) is 0 Å². The van der Waals surface area contributed by atoms with Crippen molar-refractivity contribution < 1.29 is 9.13 Å². The van der Waals surface area contributed by atoms with Crippen molar-refractivity contribution in [3.63, 3.8) is 0 Å². The first-order valence-corrected chi connectivity index (χ1v) is 3.38. The maximum absolute atomic E-state index is 11.6. The molecular formula is C6H6ClFN2O. The predicted molar refractivity (Wildman–Crippen MR) is 38.5 cm³/mol. The molecule has 0 fully saturated rings. The third kappa shape index (κ3) is 2.67. The summed E-state index contributed by atoms with van der Waals surface area (Å²) >= 11 is 5.43. The van der Waals surface area contributed by atoms with Crippen molar-refractivity contribution in [2.24, 2.45) is 0 Å². The molecule has 0 aliphatic carbocycles. The molecule has 1 heterocycles. The monoisotopic (exact) mass is 176 g/mol. The van der Waals surface area contributed by atoms with Gasteiger partial charge >= 0.3 is 0 Å². The van der Waals surface area contributed by atoms with Crippen LogP contribution in [0, 0.1) is 0 Å². The summed E-state index contributed by atoms with van der Waals surface area (Å²) in [7, 11) is 0. The lowest BCUT2D eigenvalue weighted by Gasteiger charge is -2.00. The smallest absolute Gasteiger partial charge is 0.225 e. The van der Waals surface area contributed by atoms with Gasteiger partial charge in [0.05, 0.1) is 0 Å². The van der Waals surface area contributed by atoms with Crippen LogP contribution >= 0.6 is 11.6 Å². The second kappa shape index (κ2) is 4.08. The van der Waals surface area contributed by atoms with Crippen molar-refractivity contribution in [3.05, 3.63) is 17.5 Å². The normalized spacial score (nSPS) is 9.64. The van der Waals surface area contributed by atoms with E-state index in [1.807, 2.05) is 0 Å². The van der Waals surface area contributed by atoms with Gasteiger partial charge < -0.3 is 4.74 Å². The number of ether oxygens (including phenoxy) is 1. The maximum Gasteiger partial charge on any atom is 0.225 e. The Kier molecular flexibility index (Phi) is 3.04. The van der Waals surface area contributed by atoms with E-state index in [9.17, 15) is 4.39 Å². The average molecular weight is 177 g/mol. The minimum atomic E-state index is -0.540. The lowest BCUT2D eigenvalue weighted by atomic mass is 10.6. The van der Waals surface area contributed by atoms with Crippen LogP contribution in [0.25, 0.3) is 0 Å². The van der Waals surface area contributed by atoms with Crippen molar-refractivity contribution in [2.45, 2.75) is 0 Å². The van der Waals surface area contributed by atoms with Crippen LogP contribution in [-0.2, 0) is 0 Å². The second-order valence-electron chi connectivity index (χ2n) is 1.70. The summed E-state index contributed by atoms with van der Waals surface area (Å²) in [5.74, 6) is 0.294. The van der Waals surface area contributed by atoms with E-state index in [-0.39, 0.29) is 11.9 Å². The number of nitrogens with zero attached hydrogens (tertiary/aromatic N) is 2. The number of alkyl halides is 1. The first-order chi connectivity index (χ1) is 5.33. The van der Waals surface area contributed by atoms with E-state index in [0.717, 1.165) is 0 Å². The summed E-state index contributed by atoms with van der Waals surface area (Å²) in [6.45, 7) is -0.547. The number of aromatic nitrogens is 2. The molecule has 0 radical (unpaired) electrons. The summed E-state index contributed by atoms with van der Waals surface area (Å²) in [6.07, 6.45) is 1.45.